The molecule has 7 nitrogen and oxygen atoms in total. The van der Waals surface area contributed by atoms with Gasteiger partial charge in [0.1, 0.15) is 16.9 Å². The number of alkyl halides is 3. The predicted octanol–water partition coefficient (Wildman–Crippen LogP) is 3.76. The topological polar surface area (TPSA) is 70.7 Å². The molecule has 0 N–H and O–H groups in total. The number of ether oxygens (including phenoxy) is 2. The quantitative estimate of drug-likeness (QED) is 0.487. The molecular formula is C19H17F3N4O3S. The molecule has 0 aliphatic carbocycles. The summed E-state index contributed by atoms with van der Waals surface area (Å²) in [6, 6.07) is 5.46. The van der Waals surface area contributed by atoms with E-state index in [2.05, 4.69) is 14.8 Å². The summed E-state index contributed by atoms with van der Waals surface area (Å²) in [6.45, 7) is 1.25. The van der Waals surface area contributed by atoms with Crippen molar-refractivity contribution in [1.82, 2.24) is 19.2 Å². The van der Waals surface area contributed by atoms with Gasteiger partial charge in [-0.1, -0.05) is 19.6 Å². The molecule has 158 valence electrons. The average Bonchev–Trinajstić information content (AvgIpc) is 3.29. The minimum absolute atomic E-state index is 0. The van der Waals surface area contributed by atoms with Crippen LogP contribution in [0.1, 0.15) is 23.4 Å². The number of nitrogens with zero attached hydrogens (tertiary/aromatic N) is 4. The molecule has 3 aromatic heterocycles. The van der Waals surface area contributed by atoms with E-state index in [0.717, 1.165) is 27.1 Å². The first-order valence-electron chi connectivity index (χ1n) is 8.70. The van der Waals surface area contributed by atoms with Crippen LogP contribution < -0.4 is 10.4 Å². The van der Waals surface area contributed by atoms with Gasteiger partial charge in [0.25, 0.3) is 0 Å². The lowest BCUT2D eigenvalue weighted by atomic mass is 10.1. The molecule has 30 heavy (non-hydrogen) atoms. The van der Waals surface area contributed by atoms with Crippen LogP contribution in [0.25, 0.3) is 15.9 Å². The fourth-order valence-electron chi connectivity index (χ4n) is 3.51. The molecule has 0 fully saturated rings. The first-order chi connectivity index (χ1) is 13.9. The third kappa shape index (κ3) is 3.43. The summed E-state index contributed by atoms with van der Waals surface area (Å²) in [4.78, 5) is 19.1. The second-order valence-corrected chi connectivity index (χ2v) is 7.63. The van der Waals surface area contributed by atoms with Crippen LogP contribution in [0, 0.1) is 0 Å². The molecule has 11 heteroatoms. The minimum atomic E-state index is -4.75. The van der Waals surface area contributed by atoms with Gasteiger partial charge in [-0.2, -0.15) is 9.61 Å². The normalized spacial score (nSPS) is 14.0. The summed E-state index contributed by atoms with van der Waals surface area (Å²) in [5, 5.41) is 4.93. The molecule has 0 unspecified atom stereocenters. The van der Waals surface area contributed by atoms with Gasteiger partial charge in [-0.15, -0.1) is 24.5 Å². The van der Waals surface area contributed by atoms with Gasteiger partial charge in [-0.05, 0) is 29.7 Å². The highest BCUT2D eigenvalue weighted by molar-refractivity contribution is 7.19. The van der Waals surface area contributed by atoms with Crippen LogP contribution in [0.15, 0.2) is 35.4 Å². The number of rotatable bonds is 3. The highest BCUT2D eigenvalue weighted by Gasteiger charge is 2.31. The Morgan fingerprint density at radius 3 is 2.73 bits per heavy atom. The van der Waals surface area contributed by atoms with Crippen LogP contribution in [0.5, 0.6) is 5.75 Å². The van der Waals surface area contributed by atoms with Gasteiger partial charge >= 0.3 is 12.1 Å². The monoisotopic (exact) mass is 438 g/mol. The summed E-state index contributed by atoms with van der Waals surface area (Å²) in [7, 11) is 0. The Morgan fingerprint density at radius 1 is 1.23 bits per heavy atom. The highest BCUT2D eigenvalue weighted by Crippen LogP contribution is 2.36. The lowest BCUT2D eigenvalue weighted by Gasteiger charge is -2.12. The molecule has 0 atom stereocenters. The van der Waals surface area contributed by atoms with E-state index < -0.39 is 6.36 Å². The molecule has 1 aliphatic rings. The number of hydrogen-bond acceptors (Lipinski definition) is 6. The first-order valence-corrected chi connectivity index (χ1v) is 9.51. The van der Waals surface area contributed by atoms with Crippen molar-refractivity contribution in [2.45, 2.75) is 33.4 Å². The zero-order valence-electron chi connectivity index (χ0n) is 14.8. The van der Waals surface area contributed by atoms with Crippen molar-refractivity contribution in [2.75, 3.05) is 6.61 Å². The van der Waals surface area contributed by atoms with Crippen molar-refractivity contribution >= 4 is 27.2 Å². The second-order valence-electron chi connectivity index (χ2n) is 6.54. The largest absolute Gasteiger partial charge is 0.573 e. The van der Waals surface area contributed by atoms with Gasteiger partial charge in [-0.25, -0.2) is 9.78 Å². The minimum Gasteiger partial charge on any atom is -0.406 e. The van der Waals surface area contributed by atoms with Crippen LogP contribution in [0.4, 0.5) is 13.2 Å². The SMILES string of the molecule is C.O=c1n(Cc2ccc(OC(F)(F)F)cc2)c2sc3c(c2c2ncnn12)CCOC3. The van der Waals surface area contributed by atoms with E-state index in [0.29, 0.717) is 24.4 Å². The zero-order valence-corrected chi connectivity index (χ0v) is 15.6. The van der Waals surface area contributed by atoms with Gasteiger partial charge in [0, 0.05) is 4.88 Å². The van der Waals surface area contributed by atoms with Gasteiger partial charge < -0.3 is 9.47 Å². The third-order valence-electron chi connectivity index (χ3n) is 4.73. The van der Waals surface area contributed by atoms with Crippen molar-refractivity contribution in [3.63, 3.8) is 0 Å². The van der Waals surface area contributed by atoms with E-state index in [1.54, 1.807) is 4.57 Å². The van der Waals surface area contributed by atoms with Crippen LogP contribution in [0.3, 0.4) is 0 Å². The number of benzene rings is 1. The maximum Gasteiger partial charge on any atom is 0.573 e. The number of aromatic nitrogens is 4. The maximum absolute atomic E-state index is 13.0. The van der Waals surface area contributed by atoms with Gasteiger partial charge in [0.2, 0.25) is 0 Å². The molecule has 0 spiro atoms. The molecule has 4 aromatic rings. The summed E-state index contributed by atoms with van der Waals surface area (Å²) < 4.78 is 49.3. The number of fused-ring (bicyclic) bond motifs is 5. The maximum atomic E-state index is 13.0. The van der Waals surface area contributed by atoms with Gasteiger partial charge in [0.15, 0.2) is 5.65 Å². The lowest BCUT2D eigenvalue weighted by molar-refractivity contribution is -0.274. The van der Waals surface area contributed by atoms with Crippen molar-refractivity contribution in [1.29, 1.82) is 0 Å². The van der Waals surface area contributed by atoms with Crippen molar-refractivity contribution < 1.29 is 22.6 Å². The molecule has 0 amide bonds. The summed E-state index contributed by atoms with van der Waals surface area (Å²) in [5.74, 6) is -0.311. The first kappa shape index (κ1) is 20.4. The Kier molecular flexibility index (Phi) is 5.02. The molecule has 0 radical (unpaired) electrons. The molecule has 1 aromatic carbocycles. The summed E-state index contributed by atoms with van der Waals surface area (Å²) in [6.07, 6.45) is -2.69. The number of halogens is 3. The molecule has 0 saturated carbocycles. The van der Waals surface area contributed by atoms with Crippen molar-refractivity contribution in [2.24, 2.45) is 0 Å². The fraction of sp³-hybridized carbons (Fsp3) is 0.316. The predicted molar refractivity (Wildman–Crippen MR) is 105 cm³/mol. The summed E-state index contributed by atoms with van der Waals surface area (Å²) in [5.41, 5.74) is 1.91. The lowest BCUT2D eigenvalue weighted by Crippen LogP contribution is -2.28. The van der Waals surface area contributed by atoms with Gasteiger partial charge in [-0.3, -0.25) is 4.57 Å². The molecule has 5 rings (SSSR count). The van der Waals surface area contributed by atoms with Crippen LogP contribution in [-0.4, -0.2) is 32.1 Å². The van der Waals surface area contributed by atoms with Crippen LogP contribution in [0.2, 0.25) is 0 Å². The second kappa shape index (κ2) is 7.40. The van der Waals surface area contributed by atoms with E-state index in [4.69, 9.17) is 4.74 Å². The Morgan fingerprint density at radius 2 is 2.00 bits per heavy atom. The highest BCUT2D eigenvalue weighted by atomic mass is 32.1. The Bertz CT molecular complexity index is 1270. The number of thiophene rings is 1. The van der Waals surface area contributed by atoms with E-state index in [1.165, 1.54) is 46.4 Å². The Hall–Kier alpha value is -2.92. The Balaban J connectivity index is 0.00000218. The molecule has 4 heterocycles. The number of hydrogen-bond donors (Lipinski definition) is 0. The van der Waals surface area contributed by atoms with E-state index >= 15 is 0 Å². The molecule has 0 saturated heterocycles. The van der Waals surface area contributed by atoms with Crippen molar-refractivity contribution in [3.05, 3.63) is 57.1 Å². The summed E-state index contributed by atoms with van der Waals surface area (Å²) >= 11 is 1.47. The van der Waals surface area contributed by atoms with E-state index in [-0.39, 0.29) is 25.4 Å². The fourth-order valence-corrected chi connectivity index (χ4v) is 4.78. The zero-order chi connectivity index (χ0) is 20.2. The van der Waals surface area contributed by atoms with Crippen LogP contribution >= 0.6 is 11.3 Å². The van der Waals surface area contributed by atoms with Crippen LogP contribution in [-0.2, 0) is 24.3 Å². The van der Waals surface area contributed by atoms with Crippen molar-refractivity contribution in [3.8, 4) is 5.75 Å². The van der Waals surface area contributed by atoms with Gasteiger partial charge in [0.05, 0.1) is 25.1 Å². The Labute approximate surface area is 172 Å². The average molecular weight is 438 g/mol. The standard InChI is InChI=1S/C18H13F3N4O3S.CH4/c19-18(20,21)28-11-3-1-10(2-4-11)7-24-16-14(12-5-6-27-8-13(12)29-16)15-22-9-23-25(15)17(24)26;/h1-4,9H,5-8H2;1H4. The molecule has 1 aliphatic heterocycles. The third-order valence-corrected chi connectivity index (χ3v) is 5.96. The smallest absolute Gasteiger partial charge is 0.406 e. The molecule has 0 bridgehead atoms. The molecular weight excluding hydrogens is 421 g/mol. The van der Waals surface area contributed by atoms with E-state index in [9.17, 15) is 18.0 Å². The van der Waals surface area contributed by atoms with E-state index in [1.807, 2.05) is 0 Å².